The second kappa shape index (κ2) is 12.8. The molecule has 4 aromatic rings. The van der Waals surface area contributed by atoms with Gasteiger partial charge in [0.15, 0.2) is 0 Å². The van der Waals surface area contributed by atoms with Crippen molar-refractivity contribution in [2.24, 2.45) is 5.73 Å². The summed E-state index contributed by atoms with van der Waals surface area (Å²) in [7, 11) is 0. The predicted molar refractivity (Wildman–Crippen MR) is 150 cm³/mol. The number of thiazole rings is 1. The Labute approximate surface area is 231 Å². The topological polar surface area (TPSA) is 135 Å². The number of aromatic nitrogens is 5. The van der Waals surface area contributed by atoms with Crippen molar-refractivity contribution in [3.05, 3.63) is 70.8 Å². The highest BCUT2D eigenvalue weighted by Gasteiger charge is 2.21. The van der Waals surface area contributed by atoms with Gasteiger partial charge in [0.1, 0.15) is 15.7 Å². The third-order valence-electron chi connectivity index (χ3n) is 6.93. The Kier molecular flexibility index (Phi) is 8.79. The number of benzene rings is 1. The zero-order chi connectivity index (χ0) is 27.0. The summed E-state index contributed by atoms with van der Waals surface area (Å²) >= 11 is 1.45. The third kappa shape index (κ3) is 7.18. The van der Waals surface area contributed by atoms with Crippen molar-refractivity contribution < 1.29 is 9.59 Å². The van der Waals surface area contributed by atoms with Crippen molar-refractivity contribution in [2.45, 2.75) is 57.5 Å². The van der Waals surface area contributed by atoms with E-state index in [1.165, 1.54) is 24.2 Å². The molecule has 1 aromatic carbocycles. The zero-order valence-corrected chi connectivity index (χ0v) is 22.7. The smallest absolute Gasteiger partial charge is 0.263 e. The second-order valence-electron chi connectivity index (χ2n) is 9.87. The van der Waals surface area contributed by atoms with Gasteiger partial charge >= 0.3 is 0 Å². The van der Waals surface area contributed by atoms with Crippen molar-refractivity contribution in [3.8, 4) is 16.9 Å². The predicted octanol–water partition coefficient (Wildman–Crippen LogP) is 4.22. The maximum atomic E-state index is 13.2. The van der Waals surface area contributed by atoms with Gasteiger partial charge in [0.2, 0.25) is 5.91 Å². The molecule has 1 saturated heterocycles. The van der Waals surface area contributed by atoms with E-state index in [1.54, 1.807) is 18.6 Å². The molecule has 10 nitrogen and oxygen atoms in total. The standard InChI is InChI=1S/C28H34N8O2S/c29-25(37)8-3-1-2-7-22(34-28(38)24-18-30-26(39-24)19-35-14-4-5-15-35)27-31-17-23(33-27)20-9-11-21(12-10-20)36-16-6-13-32-36/h6,9-13,16-18,22H,1-5,7-8,14-15,19H2,(H2,29,37)(H,31,33)(H,34,38). The Hall–Kier alpha value is -3.83. The highest BCUT2D eigenvalue weighted by Crippen LogP contribution is 2.25. The van der Waals surface area contributed by atoms with Gasteiger partial charge in [0.05, 0.1) is 36.4 Å². The molecule has 0 aliphatic carbocycles. The number of carbonyl (C=O) groups excluding carboxylic acids is 2. The first kappa shape index (κ1) is 26.8. The molecule has 11 heteroatoms. The van der Waals surface area contributed by atoms with E-state index in [4.69, 9.17) is 5.73 Å². The molecule has 2 amide bonds. The minimum Gasteiger partial charge on any atom is -0.370 e. The van der Waals surface area contributed by atoms with Crippen LogP contribution in [0.2, 0.25) is 0 Å². The van der Waals surface area contributed by atoms with Crippen LogP contribution in [-0.4, -0.2) is 54.5 Å². The number of amides is 2. The van der Waals surface area contributed by atoms with E-state index >= 15 is 0 Å². The second-order valence-corrected chi connectivity index (χ2v) is 11.0. The van der Waals surface area contributed by atoms with Crippen molar-refractivity contribution in [1.29, 1.82) is 0 Å². The van der Waals surface area contributed by atoms with Crippen LogP contribution in [0.3, 0.4) is 0 Å². The number of likely N-dealkylation sites (tertiary alicyclic amines) is 1. The van der Waals surface area contributed by atoms with Gasteiger partial charge in [0, 0.05) is 18.8 Å². The first-order valence-corrected chi connectivity index (χ1v) is 14.3. The molecule has 1 atom stereocenters. The fourth-order valence-corrected chi connectivity index (χ4v) is 5.69. The summed E-state index contributed by atoms with van der Waals surface area (Å²) in [6.45, 7) is 2.97. The molecule has 0 bridgehead atoms. The molecule has 1 fully saturated rings. The van der Waals surface area contributed by atoms with Gasteiger partial charge < -0.3 is 16.0 Å². The molecule has 3 aromatic heterocycles. The number of H-pyrrole nitrogens is 1. The van der Waals surface area contributed by atoms with Crippen molar-refractivity contribution >= 4 is 23.2 Å². The number of rotatable bonds is 13. The van der Waals surface area contributed by atoms with Crippen LogP contribution in [-0.2, 0) is 11.3 Å². The summed E-state index contributed by atoms with van der Waals surface area (Å²) < 4.78 is 1.81. The van der Waals surface area contributed by atoms with Crippen molar-refractivity contribution in [1.82, 2.24) is 34.9 Å². The first-order valence-electron chi connectivity index (χ1n) is 13.5. The summed E-state index contributed by atoms with van der Waals surface area (Å²) in [5.74, 6) is 0.263. The van der Waals surface area contributed by atoms with Gasteiger partial charge in [-0.15, -0.1) is 11.3 Å². The SMILES string of the molecule is NC(=O)CCCCCC(NC(=O)c1cnc(CN2CCCC2)s1)c1ncc(-c2ccc(-n3cccn3)cc2)[nH]1. The normalized spacial score (nSPS) is 14.5. The molecule has 5 rings (SSSR count). The number of unbranched alkanes of at least 4 members (excludes halogenated alkanes) is 2. The Morgan fingerprint density at radius 2 is 1.90 bits per heavy atom. The maximum Gasteiger partial charge on any atom is 0.263 e. The van der Waals surface area contributed by atoms with Gasteiger partial charge in [0.25, 0.3) is 5.91 Å². The molecular formula is C28H34N8O2S. The quantitative estimate of drug-likeness (QED) is 0.215. The monoisotopic (exact) mass is 546 g/mol. The van der Waals surface area contributed by atoms with E-state index in [-0.39, 0.29) is 17.9 Å². The summed E-state index contributed by atoms with van der Waals surface area (Å²) in [5.41, 5.74) is 8.11. The summed E-state index contributed by atoms with van der Waals surface area (Å²) in [4.78, 5) is 39.8. The van der Waals surface area contributed by atoms with Crippen LogP contribution in [0.1, 0.15) is 71.5 Å². The molecule has 1 aliphatic rings. The van der Waals surface area contributed by atoms with Crippen LogP contribution in [0.25, 0.3) is 16.9 Å². The number of nitrogens with one attached hydrogen (secondary N) is 2. The van der Waals surface area contributed by atoms with E-state index in [1.807, 2.05) is 41.2 Å². The van der Waals surface area contributed by atoms with Crippen LogP contribution in [0.4, 0.5) is 0 Å². The number of hydrogen-bond donors (Lipinski definition) is 3. The van der Waals surface area contributed by atoms with Crippen molar-refractivity contribution in [2.75, 3.05) is 13.1 Å². The number of carbonyl (C=O) groups is 2. The lowest BCUT2D eigenvalue weighted by Gasteiger charge is -2.16. The Bertz CT molecular complexity index is 1360. The minimum atomic E-state index is -0.299. The summed E-state index contributed by atoms with van der Waals surface area (Å²) in [6, 6.07) is 9.63. The summed E-state index contributed by atoms with van der Waals surface area (Å²) in [5, 5.41) is 8.40. The maximum absolute atomic E-state index is 13.2. The molecule has 0 radical (unpaired) electrons. The van der Waals surface area contributed by atoms with Crippen LogP contribution in [0, 0.1) is 0 Å². The lowest BCUT2D eigenvalue weighted by atomic mass is 10.1. The number of imidazole rings is 1. The first-order chi connectivity index (χ1) is 19.0. The van der Waals surface area contributed by atoms with Gasteiger partial charge in [-0.25, -0.2) is 14.6 Å². The summed E-state index contributed by atoms with van der Waals surface area (Å²) in [6.07, 6.45) is 13.0. The highest BCUT2D eigenvalue weighted by atomic mass is 32.1. The van der Waals surface area contributed by atoms with Gasteiger partial charge in [-0.2, -0.15) is 5.10 Å². The molecule has 1 unspecified atom stereocenters. The Morgan fingerprint density at radius 1 is 1.08 bits per heavy atom. The molecule has 4 heterocycles. The number of primary amides is 1. The number of nitrogens with zero attached hydrogens (tertiary/aromatic N) is 5. The third-order valence-corrected chi connectivity index (χ3v) is 7.91. The number of aromatic amines is 1. The average Bonchev–Trinajstić information content (AvgIpc) is 3.75. The highest BCUT2D eigenvalue weighted by molar-refractivity contribution is 7.13. The van der Waals surface area contributed by atoms with Gasteiger partial charge in [-0.1, -0.05) is 25.0 Å². The molecule has 0 spiro atoms. The van der Waals surface area contributed by atoms with Crippen LogP contribution >= 0.6 is 11.3 Å². The minimum absolute atomic E-state index is 0.149. The van der Waals surface area contributed by atoms with E-state index in [9.17, 15) is 9.59 Å². The molecule has 39 heavy (non-hydrogen) atoms. The van der Waals surface area contributed by atoms with E-state index in [0.29, 0.717) is 23.5 Å². The lowest BCUT2D eigenvalue weighted by Crippen LogP contribution is -2.28. The fourth-order valence-electron chi connectivity index (χ4n) is 4.83. The van der Waals surface area contributed by atoms with E-state index in [2.05, 4.69) is 30.3 Å². The zero-order valence-electron chi connectivity index (χ0n) is 21.9. The molecule has 1 aliphatic heterocycles. The lowest BCUT2D eigenvalue weighted by molar-refractivity contribution is -0.118. The van der Waals surface area contributed by atoms with Crippen molar-refractivity contribution in [3.63, 3.8) is 0 Å². The van der Waals surface area contributed by atoms with E-state index in [0.717, 1.165) is 60.8 Å². The number of hydrogen-bond acceptors (Lipinski definition) is 7. The van der Waals surface area contributed by atoms with Gasteiger partial charge in [-0.05, 0) is 62.5 Å². The molecule has 0 saturated carbocycles. The van der Waals surface area contributed by atoms with Gasteiger partial charge in [-0.3, -0.25) is 14.5 Å². The average molecular weight is 547 g/mol. The molecule has 4 N–H and O–H groups in total. The van der Waals surface area contributed by atoms with E-state index < -0.39 is 0 Å². The molecular weight excluding hydrogens is 512 g/mol. The number of nitrogens with two attached hydrogens (primary N) is 1. The molecule has 204 valence electrons. The Balaban J connectivity index is 1.27. The Morgan fingerprint density at radius 3 is 2.64 bits per heavy atom. The van der Waals surface area contributed by atoms with Crippen LogP contribution in [0.5, 0.6) is 0 Å². The largest absolute Gasteiger partial charge is 0.370 e. The van der Waals surface area contributed by atoms with Crippen LogP contribution in [0.15, 0.2) is 55.1 Å². The fraction of sp³-hybridized carbons (Fsp3) is 0.393. The van der Waals surface area contributed by atoms with Crippen LogP contribution < -0.4 is 11.1 Å².